The summed E-state index contributed by atoms with van der Waals surface area (Å²) in [5.41, 5.74) is 11.8. The second kappa shape index (κ2) is 5.61. The van der Waals surface area contributed by atoms with E-state index in [1.54, 1.807) is 14.2 Å². The topological polar surface area (TPSA) is 117 Å². The maximum absolute atomic E-state index is 13.1. The van der Waals surface area contributed by atoms with E-state index in [1.165, 1.54) is 5.56 Å². The lowest BCUT2D eigenvalue weighted by atomic mass is 9.33. The van der Waals surface area contributed by atoms with Crippen molar-refractivity contribution >= 4 is 11.8 Å². The van der Waals surface area contributed by atoms with E-state index in [0.717, 1.165) is 24.9 Å². The average molecular weight is 425 g/mol. The summed E-state index contributed by atoms with van der Waals surface area (Å²) in [6, 6.07) is 4.01. The molecule has 2 heterocycles. The number of ether oxygens (including phenoxy) is 3. The first-order valence-electron chi connectivity index (χ1n) is 10.7. The summed E-state index contributed by atoms with van der Waals surface area (Å²) in [5.74, 6) is -1.50. The molecule has 2 amide bonds. The normalized spacial score (nSPS) is 43.3. The summed E-state index contributed by atoms with van der Waals surface area (Å²) in [6.07, 6.45) is 4.98. The Kier molecular flexibility index (Phi) is 3.46. The molecular formula is C23H27N3O5. The molecule has 0 aromatic heterocycles. The number of amides is 2. The molecule has 6 aliphatic rings. The first-order chi connectivity index (χ1) is 14.8. The predicted octanol–water partition coefficient (Wildman–Crippen LogP) is 0.112. The number of hydrogen-bond acceptors (Lipinski definition) is 6. The molecule has 31 heavy (non-hydrogen) atoms. The Morgan fingerprint density at radius 2 is 1.90 bits per heavy atom. The Balaban J connectivity index is 1.77. The molecule has 2 spiro atoms. The van der Waals surface area contributed by atoms with Crippen LogP contribution in [0.2, 0.25) is 0 Å². The molecule has 7 atom stereocenters. The molecule has 0 radical (unpaired) electrons. The molecule has 8 heteroatoms. The number of rotatable bonds is 4. The lowest BCUT2D eigenvalue weighted by Crippen LogP contribution is -2.84. The van der Waals surface area contributed by atoms with Crippen molar-refractivity contribution in [2.45, 2.75) is 36.0 Å². The van der Waals surface area contributed by atoms with Gasteiger partial charge < -0.3 is 30.6 Å². The van der Waals surface area contributed by atoms with E-state index in [-0.39, 0.29) is 6.04 Å². The van der Waals surface area contributed by atoms with Crippen LogP contribution in [-0.4, -0.2) is 62.3 Å². The van der Waals surface area contributed by atoms with Crippen LogP contribution in [-0.2, 0) is 26.2 Å². The van der Waals surface area contributed by atoms with Crippen LogP contribution in [0.25, 0.3) is 0 Å². The van der Waals surface area contributed by atoms with Gasteiger partial charge in [-0.1, -0.05) is 18.2 Å². The molecule has 1 saturated carbocycles. The van der Waals surface area contributed by atoms with Crippen molar-refractivity contribution < 1.29 is 23.8 Å². The maximum atomic E-state index is 13.1. The Morgan fingerprint density at radius 1 is 1.16 bits per heavy atom. The number of piperidine rings is 1. The number of nitrogens with two attached hydrogens (primary N) is 2. The highest BCUT2D eigenvalue weighted by molar-refractivity contribution is 5.91. The maximum Gasteiger partial charge on any atom is 0.224 e. The highest BCUT2D eigenvalue weighted by Crippen LogP contribution is 2.76. The first-order valence-corrected chi connectivity index (χ1v) is 10.7. The molecule has 8 nitrogen and oxygen atoms in total. The third-order valence-electron chi connectivity index (χ3n) is 9.02. The lowest BCUT2D eigenvalue weighted by Gasteiger charge is -2.72. The van der Waals surface area contributed by atoms with Gasteiger partial charge in [0.25, 0.3) is 0 Å². The van der Waals surface area contributed by atoms with Gasteiger partial charge in [0.2, 0.25) is 11.8 Å². The second-order valence-electron chi connectivity index (χ2n) is 9.63. The summed E-state index contributed by atoms with van der Waals surface area (Å²) in [7, 11) is 5.24. The molecule has 1 aromatic carbocycles. The van der Waals surface area contributed by atoms with Gasteiger partial charge in [-0.15, -0.1) is 0 Å². The highest BCUT2D eigenvalue weighted by Gasteiger charge is 2.83. The summed E-state index contributed by atoms with van der Waals surface area (Å²) in [6.45, 7) is 0.836. The van der Waals surface area contributed by atoms with Gasteiger partial charge >= 0.3 is 0 Å². The molecule has 164 valence electrons. The Hall–Kier alpha value is -2.58. The van der Waals surface area contributed by atoms with Crippen molar-refractivity contribution in [2.75, 3.05) is 27.8 Å². The Morgan fingerprint density at radius 3 is 2.55 bits per heavy atom. The van der Waals surface area contributed by atoms with Crippen molar-refractivity contribution in [1.29, 1.82) is 0 Å². The van der Waals surface area contributed by atoms with Gasteiger partial charge in [0.15, 0.2) is 11.5 Å². The first kappa shape index (κ1) is 19.1. The largest absolute Gasteiger partial charge is 0.493 e. The number of primary amides is 2. The van der Waals surface area contributed by atoms with E-state index in [1.807, 2.05) is 12.1 Å². The molecule has 4 aliphatic carbocycles. The van der Waals surface area contributed by atoms with Crippen molar-refractivity contribution in [3.63, 3.8) is 0 Å². The standard InChI is InChI=1S/C23H27N3O5/c1-26-9-8-22-14-11-4-5-12(29-2)17(14)31-20(22)23(30-3)7-6-21(22,13(26)10-11)15(18(24)27)16(23)19(25)28/h4-7,13,15-16,20H,8-10H2,1-3H3,(H2,24,27)(H2,25,28). The number of hydrogen-bond donors (Lipinski definition) is 2. The molecule has 1 saturated heterocycles. The van der Waals surface area contributed by atoms with E-state index >= 15 is 0 Å². The quantitative estimate of drug-likeness (QED) is 0.662. The zero-order valence-electron chi connectivity index (χ0n) is 17.9. The van der Waals surface area contributed by atoms with Crippen LogP contribution in [0.1, 0.15) is 17.5 Å². The molecule has 2 aliphatic heterocycles. The zero-order chi connectivity index (χ0) is 21.9. The molecule has 4 bridgehead atoms. The summed E-state index contributed by atoms with van der Waals surface area (Å²) >= 11 is 0. The van der Waals surface area contributed by atoms with Crippen LogP contribution < -0.4 is 20.9 Å². The molecule has 1 aromatic rings. The van der Waals surface area contributed by atoms with Crippen LogP contribution >= 0.6 is 0 Å². The fourth-order valence-electron chi connectivity index (χ4n) is 8.08. The number of carbonyl (C=O) groups excluding carboxylic acids is 2. The SMILES string of the molecule is COc1ccc2c3c1OC1C4(OC)C=CC5(C(C(N)=O)C4C(N)=O)C(C2)N(C)CCC315. The fourth-order valence-corrected chi connectivity index (χ4v) is 8.08. The number of likely N-dealkylation sites (N-methyl/N-ethyl adjacent to an activating group) is 1. The molecule has 2 fully saturated rings. The van der Waals surface area contributed by atoms with E-state index < -0.39 is 46.2 Å². The molecule has 4 N–H and O–H groups in total. The lowest BCUT2D eigenvalue weighted by molar-refractivity contribution is -0.235. The number of likely N-dealkylation sites (tertiary alicyclic amines) is 1. The van der Waals surface area contributed by atoms with Gasteiger partial charge in [-0.3, -0.25) is 9.59 Å². The van der Waals surface area contributed by atoms with Crippen molar-refractivity contribution in [3.8, 4) is 11.5 Å². The van der Waals surface area contributed by atoms with Crippen LogP contribution in [0, 0.1) is 17.3 Å². The highest BCUT2D eigenvalue weighted by atomic mass is 16.6. The van der Waals surface area contributed by atoms with E-state index in [2.05, 4.69) is 24.1 Å². The number of benzene rings is 1. The number of nitrogens with zero attached hydrogens (tertiary/aromatic N) is 1. The van der Waals surface area contributed by atoms with Crippen LogP contribution in [0.4, 0.5) is 0 Å². The number of fused-ring (bicyclic) bond motifs is 1. The summed E-state index contributed by atoms with van der Waals surface area (Å²) in [5, 5.41) is 0. The third kappa shape index (κ3) is 1.72. The van der Waals surface area contributed by atoms with Gasteiger partial charge in [0.1, 0.15) is 11.7 Å². The fraction of sp³-hybridized carbons (Fsp3) is 0.565. The van der Waals surface area contributed by atoms with Gasteiger partial charge in [-0.25, -0.2) is 0 Å². The molecule has 7 unspecified atom stereocenters. The van der Waals surface area contributed by atoms with E-state index in [4.69, 9.17) is 25.7 Å². The van der Waals surface area contributed by atoms with Crippen molar-refractivity contribution in [2.24, 2.45) is 28.7 Å². The smallest absolute Gasteiger partial charge is 0.224 e. The Bertz CT molecular complexity index is 1070. The summed E-state index contributed by atoms with van der Waals surface area (Å²) in [4.78, 5) is 28.3. The van der Waals surface area contributed by atoms with Gasteiger partial charge in [-0.2, -0.15) is 0 Å². The average Bonchev–Trinajstić information content (AvgIpc) is 3.12. The summed E-state index contributed by atoms with van der Waals surface area (Å²) < 4.78 is 18.4. The minimum Gasteiger partial charge on any atom is -0.493 e. The Labute approximate surface area is 180 Å². The van der Waals surface area contributed by atoms with Gasteiger partial charge in [0.05, 0.1) is 24.4 Å². The third-order valence-corrected chi connectivity index (χ3v) is 9.02. The van der Waals surface area contributed by atoms with Crippen LogP contribution in [0.15, 0.2) is 24.3 Å². The second-order valence-corrected chi connectivity index (χ2v) is 9.63. The van der Waals surface area contributed by atoms with Crippen molar-refractivity contribution in [3.05, 3.63) is 35.4 Å². The minimum atomic E-state index is -1.19. The molecular weight excluding hydrogens is 398 g/mol. The zero-order valence-corrected chi connectivity index (χ0v) is 17.9. The minimum absolute atomic E-state index is 0.0232. The number of carbonyl (C=O) groups is 2. The van der Waals surface area contributed by atoms with Crippen molar-refractivity contribution in [1.82, 2.24) is 4.90 Å². The predicted molar refractivity (Wildman–Crippen MR) is 111 cm³/mol. The van der Waals surface area contributed by atoms with Gasteiger partial charge in [0, 0.05) is 24.1 Å². The van der Waals surface area contributed by atoms with E-state index in [9.17, 15) is 9.59 Å². The molecule has 7 rings (SSSR count). The van der Waals surface area contributed by atoms with E-state index in [0.29, 0.717) is 11.5 Å². The van der Waals surface area contributed by atoms with Crippen LogP contribution in [0.5, 0.6) is 11.5 Å². The van der Waals surface area contributed by atoms with Gasteiger partial charge in [-0.05, 0) is 38.1 Å². The number of methoxy groups -OCH3 is 2. The van der Waals surface area contributed by atoms with Crippen LogP contribution in [0.3, 0.4) is 0 Å². The monoisotopic (exact) mass is 425 g/mol.